The highest BCUT2D eigenvalue weighted by Gasteiger charge is 2.15. The first-order chi connectivity index (χ1) is 15.7. The molecule has 0 atom stereocenters. The van der Waals surface area contributed by atoms with Gasteiger partial charge in [-0.3, -0.25) is 4.79 Å². The van der Waals surface area contributed by atoms with E-state index in [1.54, 1.807) is 23.1 Å². The first kappa shape index (κ1) is 22.6. The Morgan fingerprint density at radius 1 is 1.03 bits per heavy atom. The summed E-state index contributed by atoms with van der Waals surface area (Å²) in [7, 11) is 0. The highest BCUT2D eigenvalue weighted by Crippen LogP contribution is 2.22. The normalized spacial score (nSPS) is 10.9. The molecule has 8 heteroatoms. The summed E-state index contributed by atoms with van der Waals surface area (Å²) in [5, 5.41) is 14.7. The van der Waals surface area contributed by atoms with Crippen LogP contribution in [0.25, 0.3) is 0 Å². The first-order valence-corrected chi connectivity index (χ1v) is 13.4. The fourth-order valence-electron chi connectivity index (χ4n) is 3.24. The van der Waals surface area contributed by atoms with Crippen LogP contribution in [-0.4, -0.2) is 32.7 Å². The van der Waals surface area contributed by atoms with Crippen LogP contribution in [0.3, 0.4) is 0 Å². The summed E-state index contributed by atoms with van der Waals surface area (Å²) in [6.07, 6.45) is 3.66. The molecule has 1 amide bonds. The Morgan fingerprint density at radius 3 is 2.56 bits per heavy atom. The van der Waals surface area contributed by atoms with Gasteiger partial charge in [-0.1, -0.05) is 48.2 Å². The summed E-state index contributed by atoms with van der Waals surface area (Å²) in [5.74, 6) is 1.16. The second kappa shape index (κ2) is 11.4. The van der Waals surface area contributed by atoms with Crippen LogP contribution in [0.2, 0.25) is 0 Å². The second-order valence-corrected chi connectivity index (χ2v) is 9.96. The minimum Gasteiger partial charge on any atom is -0.325 e. The SMILES string of the molecule is CSc1ccc(NC(=O)CSc2nnc(Cc3cccs3)n2CCc2ccccc2)cc1. The van der Waals surface area contributed by atoms with Crippen molar-refractivity contribution in [1.82, 2.24) is 14.8 Å². The van der Waals surface area contributed by atoms with Crippen molar-refractivity contribution in [1.29, 1.82) is 0 Å². The minimum absolute atomic E-state index is 0.0516. The van der Waals surface area contributed by atoms with Gasteiger partial charge in [-0.05, 0) is 54.0 Å². The van der Waals surface area contributed by atoms with Crippen molar-refractivity contribution in [3.05, 3.63) is 88.4 Å². The van der Waals surface area contributed by atoms with Crippen molar-refractivity contribution in [2.75, 3.05) is 17.3 Å². The number of aryl methyl sites for hydroxylation is 1. The van der Waals surface area contributed by atoms with Crippen molar-refractivity contribution < 1.29 is 4.79 Å². The summed E-state index contributed by atoms with van der Waals surface area (Å²) in [4.78, 5) is 14.9. The smallest absolute Gasteiger partial charge is 0.234 e. The van der Waals surface area contributed by atoms with Crippen LogP contribution in [0.5, 0.6) is 0 Å². The van der Waals surface area contributed by atoms with Crippen molar-refractivity contribution in [2.24, 2.45) is 0 Å². The van der Waals surface area contributed by atoms with Crippen LogP contribution in [0, 0.1) is 0 Å². The number of nitrogens with one attached hydrogen (secondary N) is 1. The summed E-state index contributed by atoms with van der Waals surface area (Å²) >= 11 is 4.82. The van der Waals surface area contributed by atoms with E-state index in [9.17, 15) is 4.79 Å². The molecule has 0 spiro atoms. The molecule has 164 valence electrons. The average Bonchev–Trinajstić information content (AvgIpc) is 3.48. The molecule has 0 radical (unpaired) electrons. The maximum atomic E-state index is 12.5. The van der Waals surface area contributed by atoms with Gasteiger partial charge in [0.05, 0.1) is 5.75 Å². The number of aromatic nitrogens is 3. The Kier molecular flexibility index (Phi) is 8.03. The number of thiophene rings is 1. The highest BCUT2D eigenvalue weighted by molar-refractivity contribution is 7.99. The molecule has 2 aromatic carbocycles. The number of carbonyl (C=O) groups excluding carboxylic acids is 1. The standard InChI is InChI=1S/C24H24N4OS3/c1-30-20-11-9-19(10-12-20)25-23(29)17-32-24-27-26-22(16-21-8-5-15-31-21)28(24)14-13-18-6-3-2-4-7-18/h2-12,15H,13-14,16-17H2,1H3,(H,25,29). The van der Waals surface area contributed by atoms with Gasteiger partial charge in [-0.2, -0.15) is 0 Å². The lowest BCUT2D eigenvalue weighted by Gasteiger charge is -2.10. The summed E-state index contributed by atoms with van der Waals surface area (Å²) < 4.78 is 2.15. The molecular weight excluding hydrogens is 456 g/mol. The lowest BCUT2D eigenvalue weighted by Crippen LogP contribution is -2.15. The van der Waals surface area contributed by atoms with Gasteiger partial charge in [-0.15, -0.1) is 33.3 Å². The van der Waals surface area contributed by atoms with E-state index in [2.05, 4.69) is 61.9 Å². The molecule has 0 saturated heterocycles. The molecule has 0 bridgehead atoms. The zero-order chi connectivity index (χ0) is 22.2. The quantitative estimate of drug-likeness (QED) is 0.298. The van der Waals surface area contributed by atoms with Crippen LogP contribution in [0.1, 0.15) is 16.3 Å². The van der Waals surface area contributed by atoms with E-state index in [-0.39, 0.29) is 11.7 Å². The molecular formula is C24H24N4OS3. The van der Waals surface area contributed by atoms with Gasteiger partial charge in [0.15, 0.2) is 5.16 Å². The van der Waals surface area contributed by atoms with E-state index < -0.39 is 0 Å². The molecule has 4 aromatic rings. The first-order valence-electron chi connectivity index (χ1n) is 10.3. The van der Waals surface area contributed by atoms with E-state index in [1.807, 2.05) is 36.6 Å². The van der Waals surface area contributed by atoms with Crippen LogP contribution in [0.15, 0.2) is 82.2 Å². The number of hydrogen-bond acceptors (Lipinski definition) is 6. The summed E-state index contributed by atoms with van der Waals surface area (Å²) in [5.41, 5.74) is 2.07. The van der Waals surface area contributed by atoms with Gasteiger partial charge in [0.2, 0.25) is 5.91 Å². The van der Waals surface area contributed by atoms with Crippen molar-refractivity contribution in [3.63, 3.8) is 0 Å². The second-order valence-electron chi connectivity index (χ2n) is 7.11. The van der Waals surface area contributed by atoms with E-state index >= 15 is 0 Å². The van der Waals surface area contributed by atoms with Crippen LogP contribution < -0.4 is 5.32 Å². The molecule has 5 nitrogen and oxygen atoms in total. The summed E-state index contributed by atoms with van der Waals surface area (Å²) in [6, 6.07) is 22.4. The van der Waals surface area contributed by atoms with Crippen LogP contribution >= 0.6 is 34.9 Å². The third kappa shape index (κ3) is 6.25. The number of thioether (sulfide) groups is 2. The van der Waals surface area contributed by atoms with E-state index in [0.717, 1.165) is 36.1 Å². The van der Waals surface area contributed by atoms with Crippen LogP contribution in [-0.2, 0) is 24.2 Å². The lowest BCUT2D eigenvalue weighted by molar-refractivity contribution is -0.113. The largest absolute Gasteiger partial charge is 0.325 e. The Labute approximate surface area is 200 Å². The Morgan fingerprint density at radius 2 is 1.84 bits per heavy atom. The molecule has 1 N–H and O–H groups in total. The van der Waals surface area contributed by atoms with Gasteiger partial charge in [-0.25, -0.2) is 0 Å². The van der Waals surface area contributed by atoms with Crippen molar-refractivity contribution in [2.45, 2.75) is 29.4 Å². The van der Waals surface area contributed by atoms with Gasteiger partial charge in [0, 0.05) is 28.4 Å². The Hall–Kier alpha value is -2.55. The minimum atomic E-state index is -0.0516. The molecule has 0 aliphatic heterocycles. The maximum Gasteiger partial charge on any atom is 0.234 e. The van der Waals surface area contributed by atoms with Gasteiger partial charge in [0.25, 0.3) is 0 Å². The molecule has 32 heavy (non-hydrogen) atoms. The van der Waals surface area contributed by atoms with Crippen molar-refractivity contribution in [3.8, 4) is 0 Å². The molecule has 0 aliphatic rings. The number of benzene rings is 2. The molecule has 4 rings (SSSR count). The van der Waals surface area contributed by atoms with Gasteiger partial charge >= 0.3 is 0 Å². The van der Waals surface area contributed by atoms with Crippen LogP contribution in [0.4, 0.5) is 5.69 Å². The topological polar surface area (TPSA) is 59.8 Å². The molecule has 0 fully saturated rings. The molecule has 2 heterocycles. The Bertz CT molecular complexity index is 1130. The number of anilines is 1. The molecule has 0 saturated carbocycles. The molecule has 0 aliphatic carbocycles. The Balaban J connectivity index is 1.42. The zero-order valence-electron chi connectivity index (χ0n) is 17.7. The highest BCUT2D eigenvalue weighted by atomic mass is 32.2. The van der Waals surface area contributed by atoms with Gasteiger partial charge in [0.1, 0.15) is 5.82 Å². The van der Waals surface area contributed by atoms with Crippen molar-refractivity contribution >= 4 is 46.5 Å². The molecule has 2 aromatic heterocycles. The summed E-state index contributed by atoms with van der Waals surface area (Å²) in [6.45, 7) is 0.776. The molecule has 0 unspecified atom stereocenters. The fourth-order valence-corrected chi connectivity index (χ4v) is 5.13. The number of hydrogen-bond donors (Lipinski definition) is 1. The monoisotopic (exact) mass is 480 g/mol. The lowest BCUT2D eigenvalue weighted by atomic mass is 10.1. The van der Waals surface area contributed by atoms with E-state index in [0.29, 0.717) is 0 Å². The number of rotatable bonds is 10. The number of carbonyl (C=O) groups is 1. The third-order valence-electron chi connectivity index (χ3n) is 4.88. The van der Waals surface area contributed by atoms with E-state index in [1.165, 1.54) is 27.1 Å². The number of nitrogens with zero attached hydrogens (tertiary/aromatic N) is 3. The zero-order valence-corrected chi connectivity index (χ0v) is 20.2. The third-order valence-corrected chi connectivity index (χ3v) is 7.47. The average molecular weight is 481 g/mol. The maximum absolute atomic E-state index is 12.5. The van der Waals surface area contributed by atoms with Gasteiger partial charge < -0.3 is 9.88 Å². The fraction of sp³-hybridized carbons (Fsp3) is 0.208. The predicted molar refractivity (Wildman–Crippen MR) is 135 cm³/mol. The number of amides is 1. The predicted octanol–water partition coefficient (Wildman–Crippen LogP) is 5.63. The van der Waals surface area contributed by atoms with E-state index in [4.69, 9.17) is 0 Å².